The maximum Gasteiger partial charge on any atom is 0.404 e. The van der Waals surface area contributed by atoms with Crippen LogP contribution in [0.4, 0.5) is 16.4 Å². The predicted octanol–water partition coefficient (Wildman–Crippen LogP) is -0.434. The van der Waals surface area contributed by atoms with Crippen LogP contribution in [0.15, 0.2) is 12.1 Å². The lowest BCUT2D eigenvalue weighted by atomic mass is 10.5. The van der Waals surface area contributed by atoms with Gasteiger partial charge in [-0.2, -0.15) is 0 Å². The molecule has 7 heteroatoms. The van der Waals surface area contributed by atoms with Crippen molar-refractivity contribution in [3.05, 3.63) is 12.1 Å². The quantitative estimate of drug-likeness (QED) is 0.564. The molecule has 76 valence electrons. The number of hydrogen-bond acceptors (Lipinski definition) is 6. The van der Waals surface area contributed by atoms with Crippen molar-refractivity contribution in [1.29, 1.82) is 0 Å². The number of ether oxygens (including phenoxy) is 1. The van der Waals surface area contributed by atoms with Gasteiger partial charge in [0, 0.05) is 0 Å². The van der Waals surface area contributed by atoms with Crippen LogP contribution in [0.3, 0.4) is 0 Å². The van der Waals surface area contributed by atoms with E-state index in [-0.39, 0.29) is 6.61 Å². The lowest BCUT2D eigenvalue weighted by molar-refractivity contribution is 0.161. The third-order valence-electron chi connectivity index (χ3n) is 1.34. The minimum absolute atomic E-state index is 0.182. The maximum atomic E-state index is 10.2. The van der Waals surface area contributed by atoms with Crippen LogP contribution in [-0.2, 0) is 4.74 Å². The Morgan fingerprint density at radius 1 is 1.50 bits per heavy atom. The molecule has 1 heterocycles. The molecule has 0 atom stereocenters. The number of carbonyl (C=O) groups is 1. The second-order valence-corrected chi connectivity index (χ2v) is 2.44. The van der Waals surface area contributed by atoms with Crippen molar-refractivity contribution in [2.75, 3.05) is 24.2 Å². The molecule has 0 aliphatic heterocycles. The van der Waals surface area contributed by atoms with E-state index in [1.807, 2.05) is 0 Å². The number of nitrogens with zero attached hydrogens (tertiary/aromatic N) is 2. The molecule has 1 aromatic heterocycles. The molecule has 14 heavy (non-hydrogen) atoms. The molecule has 0 aliphatic rings. The topological polar surface area (TPSA) is 116 Å². The molecule has 0 unspecified atom stereocenters. The zero-order chi connectivity index (χ0) is 10.4. The number of hydrogen-bond donors (Lipinski definition) is 3. The van der Waals surface area contributed by atoms with Crippen LogP contribution >= 0.6 is 0 Å². The molecule has 0 saturated heterocycles. The van der Waals surface area contributed by atoms with Gasteiger partial charge in [-0.1, -0.05) is 0 Å². The largest absolute Gasteiger partial charge is 0.448 e. The van der Waals surface area contributed by atoms with Gasteiger partial charge in [0.15, 0.2) is 0 Å². The number of nitrogen functional groups attached to an aromatic ring is 1. The summed E-state index contributed by atoms with van der Waals surface area (Å²) in [5, 5.41) is 10.2. The number of aromatic nitrogens is 2. The summed E-state index contributed by atoms with van der Waals surface area (Å²) in [5.41, 5.74) is 10.1. The Kier molecular flexibility index (Phi) is 3.48. The van der Waals surface area contributed by atoms with E-state index in [1.54, 1.807) is 12.1 Å². The van der Waals surface area contributed by atoms with Gasteiger partial charge < -0.3 is 21.5 Å². The second-order valence-electron chi connectivity index (χ2n) is 2.44. The average molecular weight is 197 g/mol. The zero-order valence-corrected chi connectivity index (χ0v) is 7.43. The van der Waals surface area contributed by atoms with Crippen molar-refractivity contribution in [3.63, 3.8) is 0 Å². The van der Waals surface area contributed by atoms with Crippen molar-refractivity contribution in [3.8, 4) is 0 Å². The van der Waals surface area contributed by atoms with Crippen LogP contribution in [-0.4, -0.2) is 29.4 Å². The van der Waals surface area contributed by atoms with Crippen LogP contribution in [0, 0.1) is 0 Å². The number of rotatable bonds is 4. The molecule has 0 spiro atoms. The van der Waals surface area contributed by atoms with E-state index in [4.69, 9.17) is 11.5 Å². The number of nitrogens with one attached hydrogen (secondary N) is 1. The van der Waals surface area contributed by atoms with Gasteiger partial charge >= 0.3 is 6.09 Å². The average Bonchev–Trinajstić information content (AvgIpc) is 2.15. The first-order valence-electron chi connectivity index (χ1n) is 3.94. The first-order chi connectivity index (χ1) is 6.68. The summed E-state index contributed by atoms with van der Waals surface area (Å²) in [5.74, 6) is 0.913. The third kappa shape index (κ3) is 3.57. The molecule has 1 amide bonds. The Hall–Kier alpha value is -2.05. The molecule has 0 saturated carbocycles. The lowest BCUT2D eigenvalue weighted by Gasteiger charge is -2.04. The number of nitrogens with two attached hydrogens (primary N) is 2. The van der Waals surface area contributed by atoms with Crippen LogP contribution in [0.1, 0.15) is 0 Å². The summed E-state index contributed by atoms with van der Waals surface area (Å²) in [6.45, 7) is 0.600. The van der Waals surface area contributed by atoms with Gasteiger partial charge in [-0.25, -0.2) is 4.79 Å². The fourth-order valence-corrected chi connectivity index (χ4v) is 0.768. The van der Waals surface area contributed by atoms with Crippen LogP contribution in [0.25, 0.3) is 0 Å². The van der Waals surface area contributed by atoms with Crippen molar-refractivity contribution >= 4 is 17.7 Å². The van der Waals surface area contributed by atoms with E-state index in [2.05, 4.69) is 20.3 Å². The third-order valence-corrected chi connectivity index (χ3v) is 1.34. The highest BCUT2D eigenvalue weighted by atomic mass is 16.5. The molecular weight excluding hydrogens is 186 g/mol. The molecule has 0 bridgehead atoms. The molecule has 0 radical (unpaired) electrons. The monoisotopic (exact) mass is 197 g/mol. The Balaban J connectivity index is 2.25. The van der Waals surface area contributed by atoms with Crippen LogP contribution in [0.2, 0.25) is 0 Å². The van der Waals surface area contributed by atoms with Crippen molar-refractivity contribution in [1.82, 2.24) is 10.2 Å². The highest BCUT2D eigenvalue weighted by molar-refractivity contribution is 5.64. The van der Waals surface area contributed by atoms with Crippen molar-refractivity contribution in [2.24, 2.45) is 5.73 Å². The van der Waals surface area contributed by atoms with Gasteiger partial charge in [0.25, 0.3) is 0 Å². The molecular formula is C7H11N5O2. The van der Waals surface area contributed by atoms with Gasteiger partial charge in [0.1, 0.15) is 18.2 Å². The Morgan fingerprint density at radius 2 is 2.29 bits per heavy atom. The smallest absolute Gasteiger partial charge is 0.404 e. The molecule has 0 aromatic carbocycles. The van der Waals surface area contributed by atoms with E-state index in [0.29, 0.717) is 18.2 Å². The molecule has 1 aromatic rings. The van der Waals surface area contributed by atoms with E-state index in [0.717, 1.165) is 0 Å². The van der Waals surface area contributed by atoms with E-state index in [9.17, 15) is 4.79 Å². The van der Waals surface area contributed by atoms with Gasteiger partial charge in [-0.05, 0) is 12.1 Å². The summed E-state index contributed by atoms with van der Waals surface area (Å²) in [6.07, 6.45) is -0.796. The first-order valence-corrected chi connectivity index (χ1v) is 3.94. The number of anilines is 2. The Morgan fingerprint density at radius 3 is 2.86 bits per heavy atom. The molecule has 5 N–H and O–H groups in total. The van der Waals surface area contributed by atoms with Crippen LogP contribution in [0.5, 0.6) is 0 Å². The molecule has 0 aliphatic carbocycles. The standard InChI is InChI=1S/C7H11N5O2/c8-5-1-2-6(12-11-5)10-3-4-14-7(9)13/h1-2H,3-4H2,(H2,8,11)(H2,9,13)(H,10,12). The number of carbonyl (C=O) groups excluding carboxylic acids is 1. The van der Waals surface area contributed by atoms with E-state index < -0.39 is 6.09 Å². The van der Waals surface area contributed by atoms with E-state index in [1.165, 1.54) is 0 Å². The van der Waals surface area contributed by atoms with Gasteiger partial charge in [0.2, 0.25) is 0 Å². The lowest BCUT2D eigenvalue weighted by Crippen LogP contribution is -2.18. The highest BCUT2D eigenvalue weighted by Gasteiger charge is 1.95. The molecule has 7 nitrogen and oxygen atoms in total. The Labute approximate surface area is 80.4 Å². The summed E-state index contributed by atoms with van der Waals surface area (Å²) in [6, 6.07) is 3.29. The van der Waals surface area contributed by atoms with Gasteiger partial charge in [0.05, 0.1) is 6.54 Å². The van der Waals surface area contributed by atoms with Gasteiger partial charge in [-0.15, -0.1) is 10.2 Å². The summed E-state index contributed by atoms with van der Waals surface area (Å²) in [7, 11) is 0. The highest BCUT2D eigenvalue weighted by Crippen LogP contribution is 2.01. The van der Waals surface area contributed by atoms with Gasteiger partial charge in [-0.3, -0.25) is 0 Å². The normalized spacial score (nSPS) is 9.43. The minimum Gasteiger partial charge on any atom is -0.448 e. The number of primary amides is 1. The Bertz CT molecular complexity index is 299. The van der Waals surface area contributed by atoms with E-state index >= 15 is 0 Å². The predicted molar refractivity (Wildman–Crippen MR) is 50.5 cm³/mol. The minimum atomic E-state index is -0.796. The van der Waals surface area contributed by atoms with Crippen LogP contribution < -0.4 is 16.8 Å². The summed E-state index contributed by atoms with van der Waals surface area (Å²) < 4.78 is 4.49. The second kappa shape index (κ2) is 4.85. The summed E-state index contributed by atoms with van der Waals surface area (Å²) >= 11 is 0. The first kappa shape index (κ1) is 10.0. The fraction of sp³-hybridized carbons (Fsp3) is 0.286. The zero-order valence-electron chi connectivity index (χ0n) is 7.43. The van der Waals surface area contributed by atoms with Crippen molar-refractivity contribution < 1.29 is 9.53 Å². The number of amides is 1. The molecule has 1 rings (SSSR count). The molecule has 0 fully saturated rings. The SMILES string of the molecule is NC(=O)OCCNc1ccc(N)nn1. The fourth-order valence-electron chi connectivity index (χ4n) is 0.768. The van der Waals surface area contributed by atoms with Crippen molar-refractivity contribution in [2.45, 2.75) is 0 Å². The summed E-state index contributed by atoms with van der Waals surface area (Å²) in [4.78, 5) is 10.2. The maximum absolute atomic E-state index is 10.2.